The lowest BCUT2D eigenvalue weighted by Gasteiger charge is -2.10. The third-order valence-electron chi connectivity index (χ3n) is 2.37. The van der Waals surface area contributed by atoms with Crippen molar-refractivity contribution in [3.63, 3.8) is 0 Å². The lowest BCUT2D eigenvalue weighted by molar-refractivity contribution is 0.0196. The van der Waals surface area contributed by atoms with E-state index in [1.165, 1.54) is 0 Å². The molecule has 5 heteroatoms. The summed E-state index contributed by atoms with van der Waals surface area (Å²) in [5, 5.41) is 0. The number of rotatable bonds is 9. The van der Waals surface area contributed by atoms with Gasteiger partial charge in [0.1, 0.15) is 5.75 Å². The molecule has 1 aromatic rings. The van der Waals surface area contributed by atoms with Gasteiger partial charge in [0.2, 0.25) is 0 Å². The fourth-order valence-corrected chi connectivity index (χ4v) is 1.42. The number of nitrogens with two attached hydrogens (primary N) is 1. The first kappa shape index (κ1) is 14.8. The Balaban J connectivity index is 2.22. The van der Waals surface area contributed by atoms with Gasteiger partial charge >= 0.3 is 0 Å². The zero-order valence-electron chi connectivity index (χ0n) is 11.0. The summed E-state index contributed by atoms with van der Waals surface area (Å²) in [5.41, 5.74) is 7.33. The Bertz CT molecular complexity index is 344. The summed E-state index contributed by atoms with van der Waals surface area (Å²) in [6, 6.07) is 5.52. The van der Waals surface area contributed by atoms with Gasteiger partial charge in [-0.15, -0.1) is 0 Å². The highest BCUT2D eigenvalue weighted by Crippen LogP contribution is 2.21. The lowest BCUT2D eigenvalue weighted by atomic mass is 10.2. The molecule has 0 aliphatic carbocycles. The van der Waals surface area contributed by atoms with E-state index >= 15 is 0 Å². The van der Waals surface area contributed by atoms with Crippen molar-refractivity contribution in [3.8, 4) is 5.75 Å². The largest absolute Gasteiger partial charge is 0.496 e. The molecule has 1 aromatic carbocycles. The highest BCUT2D eigenvalue weighted by Gasteiger charge is 2.03. The summed E-state index contributed by atoms with van der Waals surface area (Å²) in [6.45, 7) is 2.77. The number of ether oxygens (including phenoxy) is 4. The number of hydrogen-bond acceptors (Lipinski definition) is 5. The first-order chi connectivity index (χ1) is 8.77. The molecule has 0 spiro atoms. The van der Waals surface area contributed by atoms with Crippen LogP contribution in [0.15, 0.2) is 18.2 Å². The molecule has 1 rings (SSSR count). The molecule has 0 amide bonds. The molecule has 0 saturated carbocycles. The van der Waals surface area contributed by atoms with E-state index in [-0.39, 0.29) is 0 Å². The normalized spacial score (nSPS) is 10.6. The molecule has 0 aliphatic rings. The van der Waals surface area contributed by atoms with Crippen LogP contribution in [0.3, 0.4) is 0 Å². The van der Waals surface area contributed by atoms with Crippen molar-refractivity contribution in [1.29, 1.82) is 0 Å². The fraction of sp³-hybridized carbons (Fsp3) is 0.538. The van der Waals surface area contributed by atoms with Crippen molar-refractivity contribution in [1.82, 2.24) is 0 Å². The molecular weight excluding hydrogens is 234 g/mol. The zero-order chi connectivity index (χ0) is 13.2. The lowest BCUT2D eigenvalue weighted by Crippen LogP contribution is -2.08. The van der Waals surface area contributed by atoms with E-state index < -0.39 is 0 Å². The molecule has 5 nitrogen and oxygen atoms in total. The average Bonchev–Trinajstić information content (AvgIpc) is 2.39. The van der Waals surface area contributed by atoms with Gasteiger partial charge < -0.3 is 24.7 Å². The van der Waals surface area contributed by atoms with Crippen LogP contribution in [0, 0.1) is 0 Å². The standard InChI is InChI=1S/C13H21NO4/c1-15-5-6-17-7-8-18-10-11-3-4-12(14)9-13(11)16-2/h3-4,9H,5-8,10,14H2,1-2H3. The maximum atomic E-state index is 5.67. The van der Waals surface area contributed by atoms with Crippen LogP contribution in [0.4, 0.5) is 5.69 Å². The van der Waals surface area contributed by atoms with Gasteiger partial charge in [-0.25, -0.2) is 0 Å². The zero-order valence-corrected chi connectivity index (χ0v) is 11.0. The molecule has 0 saturated heterocycles. The number of nitrogen functional groups attached to an aromatic ring is 1. The minimum atomic E-state index is 0.483. The quantitative estimate of drug-likeness (QED) is 0.534. The van der Waals surface area contributed by atoms with Crippen molar-refractivity contribution in [2.45, 2.75) is 6.61 Å². The van der Waals surface area contributed by atoms with Crippen LogP contribution in [0.25, 0.3) is 0 Å². The fourth-order valence-electron chi connectivity index (χ4n) is 1.42. The minimum Gasteiger partial charge on any atom is -0.496 e. The van der Waals surface area contributed by atoms with Crippen LogP contribution in [0.2, 0.25) is 0 Å². The van der Waals surface area contributed by atoms with Gasteiger partial charge in [-0.3, -0.25) is 0 Å². The molecular formula is C13H21NO4. The average molecular weight is 255 g/mol. The Hall–Kier alpha value is -1.30. The van der Waals surface area contributed by atoms with Crippen LogP contribution in [0.5, 0.6) is 5.75 Å². The van der Waals surface area contributed by atoms with Crippen molar-refractivity contribution in [2.75, 3.05) is 46.4 Å². The van der Waals surface area contributed by atoms with E-state index in [1.54, 1.807) is 20.3 Å². The molecule has 0 heterocycles. The second kappa shape index (κ2) is 8.74. The van der Waals surface area contributed by atoms with E-state index in [0.29, 0.717) is 38.7 Å². The summed E-state index contributed by atoms with van der Waals surface area (Å²) in [7, 11) is 3.26. The molecule has 0 aromatic heterocycles. The van der Waals surface area contributed by atoms with Gasteiger partial charge in [0, 0.05) is 24.4 Å². The minimum absolute atomic E-state index is 0.483. The number of methoxy groups -OCH3 is 2. The molecule has 0 atom stereocenters. The Labute approximate surface area is 108 Å². The van der Waals surface area contributed by atoms with E-state index in [0.717, 1.165) is 11.3 Å². The van der Waals surface area contributed by atoms with Gasteiger partial charge in [-0.05, 0) is 6.07 Å². The molecule has 2 N–H and O–H groups in total. The molecule has 0 fully saturated rings. The Morgan fingerprint density at radius 2 is 1.72 bits per heavy atom. The van der Waals surface area contributed by atoms with Crippen LogP contribution >= 0.6 is 0 Å². The molecule has 102 valence electrons. The van der Waals surface area contributed by atoms with E-state index in [9.17, 15) is 0 Å². The Morgan fingerprint density at radius 1 is 1.00 bits per heavy atom. The molecule has 18 heavy (non-hydrogen) atoms. The van der Waals surface area contributed by atoms with Gasteiger partial charge in [0.25, 0.3) is 0 Å². The summed E-state index contributed by atoms with van der Waals surface area (Å²) in [5.74, 6) is 0.746. The first-order valence-electron chi connectivity index (χ1n) is 5.84. The first-order valence-corrected chi connectivity index (χ1v) is 5.84. The van der Waals surface area contributed by atoms with E-state index in [2.05, 4.69) is 0 Å². The van der Waals surface area contributed by atoms with Crippen LogP contribution < -0.4 is 10.5 Å². The Kier molecular flexibility index (Phi) is 7.17. The summed E-state index contributed by atoms with van der Waals surface area (Å²) in [6.07, 6.45) is 0. The van der Waals surface area contributed by atoms with Crippen molar-refractivity contribution >= 4 is 5.69 Å². The third-order valence-corrected chi connectivity index (χ3v) is 2.37. The van der Waals surface area contributed by atoms with Crippen molar-refractivity contribution in [2.24, 2.45) is 0 Å². The van der Waals surface area contributed by atoms with Gasteiger partial charge in [-0.1, -0.05) is 6.07 Å². The highest BCUT2D eigenvalue weighted by molar-refractivity contribution is 5.48. The van der Waals surface area contributed by atoms with Crippen molar-refractivity contribution < 1.29 is 18.9 Å². The van der Waals surface area contributed by atoms with Gasteiger partial charge in [0.05, 0.1) is 40.1 Å². The van der Waals surface area contributed by atoms with Gasteiger partial charge in [-0.2, -0.15) is 0 Å². The van der Waals surface area contributed by atoms with Crippen LogP contribution in [-0.4, -0.2) is 40.6 Å². The summed E-state index contributed by atoms with van der Waals surface area (Å²) < 4.78 is 20.9. The smallest absolute Gasteiger partial charge is 0.126 e. The van der Waals surface area contributed by atoms with Crippen LogP contribution in [-0.2, 0) is 20.8 Å². The maximum Gasteiger partial charge on any atom is 0.126 e. The number of hydrogen-bond donors (Lipinski definition) is 1. The third kappa shape index (κ3) is 5.35. The summed E-state index contributed by atoms with van der Waals surface area (Å²) in [4.78, 5) is 0. The predicted octanol–water partition coefficient (Wildman–Crippen LogP) is 1.46. The second-order valence-electron chi connectivity index (χ2n) is 3.73. The van der Waals surface area contributed by atoms with E-state index in [1.807, 2.05) is 12.1 Å². The topological polar surface area (TPSA) is 62.9 Å². The monoisotopic (exact) mass is 255 g/mol. The predicted molar refractivity (Wildman–Crippen MR) is 69.8 cm³/mol. The number of benzene rings is 1. The number of anilines is 1. The molecule has 0 aliphatic heterocycles. The SMILES string of the molecule is COCCOCCOCc1ccc(N)cc1OC. The molecule has 0 bridgehead atoms. The van der Waals surface area contributed by atoms with Crippen molar-refractivity contribution in [3.05, 3.63) is 23.8 Å². The Morgan fingerprint density at radius 3 is 2.44 bits per heavy atom. The highest BCUT2D eigenvalue weighted by atomic mass is 16.5. The second-order valence-corrected chi connectivity index (χ2v) is 3.73. The molecule has 0 unspecified atom stereocenters. The van der Waals surface area contributed by atoms with Crippen LogP contribution in [0.1, 0.15) is 5.56 Å². The molecule has 0 radical (unpaired) electrons. The summed E-state index contributed by atoms with van der Waals surface area (Å²) >= 11 is 0. The maximum absolute atomic E-state index is 5.67. The van der Waals surface area contributed by atoms with E-state index in [4.69, 9.17) is 24.7 Å². The van der Waals surface area contributed by atoms with Gasteiger partial charge in [0.15, 0.2) is 0 Å².